The van der Waals surface area contributed by atoms with Gasteiger partial charge in [-0.15, -0.1) is 0 Å². The second-order valence-electron chi connectivity index (χ2n) is 5.95. The van der Waals surface area contributed by atoms with Crippen molar-refractivity contribution in [2.24, 2.45) is 0 Å². The van der Waals surface area contributed by atoms with E-state index in [0.717, 1.165) is 19.4 Å². The molecule has 1 heterocycles. The fraction of sp³-hybridized carbons (Fsp3) is 0.500. The highest BCUT2D eigenvalue weighted by atomic mass is 16.6. The molecule has 8 nitrogen and oxygen atoms in total. The number of rotatable bonds is 9. The van der Waals surface area contributed by atoms with Crippen LogP contribution in [0.15, 0.2) is 28.8 Å². The fourth-order valence-corrected chi connectivity index (χ4v) is 2.60. The van der Waals surface area contributed by atoms with Crippen LogP contribution in [0.2, 0.25) is 0 Å². The Balaban J connectivity index is 1.64. The number of hydrogen-bond donors (Lipinski definition) is 1. The first-order valence-electron chi connectivity index (χ1n) is 8.09. The van der Waals surface area contributed by atoms with Gasteiger partial charge >= 0.3 is 0 Å². The van der Waals surface area contributed by atoms with Gasteiger partial charge in [-0.2, -0.15) is 4.98 Å². The molecule has 8 heteroatoms. The van der Waals surface area contributed by atoms with Crippen LogP contribution < -0.4 is 0 Å². The molecule has 0 unspecified atom stereocenters. The number of aliphatic hydroxyl groups is 1. The number of non-ortho nitro benzene ring substituents is 1. The van der Waals surface area contributed by atoms with Gasteiger partial charge < -0.3 is 9.63 Å². The van der Waals surface area contributed by atoms with Gasteiger partial charge in [0.1, 0.15) is 0 Å². The summed E-state index contributed by atoms with van der Waals surface area (Å²) in [7, 11) is 0. The largest absolute Gasteiger partial charge is 0.396 e. The summed E-state index contributed by atoms with van der Waals surface area (Å²) >= 11 is 0. The van der Waals surface area contributed by atoms with Crippen molar-refractivity contribution < 1.29 is 14.6 Å². The van der Waals surface area contributed by atoms with Crippen LogP contribution in [-0.4, -0.2) is 44.3 Å². The molecule has 1 saturated carbocycles. The zero-order valence-corrected chi connectivity index (χ0v) is 13.3. The molecule has 0 radical (unpaired) electrons. The Morgan fingerprint density at radius 2 is 2.04 bits per heavy atom. The second kappa shape index (κ2) is 7.50. The molecule has 0 bridgehead atoms. The van der Waals surface area contributed by atoms with Crippen molar-refractivity contribution in [3.05, 3.63) is 40.3 Å². The van der Waals surface area contributed by atoms with Crippen LogP contribution in [0.25, 0.3) is 11.4 Å². The van der Waals surface area contributed by atoms with Crippen LogP contribution in [0.4, 0.5) is 5.69 Å². The summed E-state index contributed by atoms with van der Waals surface area (Å²) in [5.74, 6) is 0.977. The van der Waals surface area contributed by atoms with Gasteiger partial charge in [-0.3, -0.25) is 15.0 Å². The predicted octanol–water partition coefficient (Wildman–Crippen LogP) is 2.38. The van der Waals surface area contributed by atoms with E-state index in [1.54, 1.807) is 12.1 Å². The van der Waals surface area contributed by atoms with Crippen molar-refractivity contribution in [1.29, 1.82) is 0 Å². The summed E-state index contributed by atoms with van der Waals surface area (Å²) in [4.78, 5) is 17.0. The average molecular weight is 332 g/mol. The number of nitro groups is 1. The summed E-state index contributed by atoms with van der Waals surface area (Å²) in [5, 5.41) is 23.6. The smallest absolute Gasteiger partial charge is 0.269 e. The SMILES string of the molecule is O=[N+]([O-])c1ccc(-c2noc(CN(CCCCO)C3CC3)n2)cc1. The minimum absolute atomic E-state index is 0.0336. The van der Waals surface area contributed by atoms with E-state index < -0.39 is 4.92 Å². The third kappa shape index (κ3) is 4.15. The van der Waals surface area contributed by atoms with Gasteiger partial charge in [0, 0.05) is 30.3 Å². The lowest BCUT2D eigenvalue weighted by Crippen LogP contribution is -2.27. The standard InChI is InChI=1S/C16H20N4O4/c21-10-2-1-9-19(13-7-8-13)11-15-17-16(18-24-15)12-3-5-14(6-4-12)20(22)23/h3-6,13,21H,1-2,7-11H2. The number of benzene rings is 1. The Morgan fingerprint density at radius 3 is 2.67 bits per heavy atom. The average Bonchev–Trinajstić information content (AvgIpc) is 3.33. The molecule has 0 spiro atoms. The number of unbranched alkanes of at least 4 members (excludes halogenated alkanes) is 1. The van der Waals surface area contributed by atoms with Gasteiger partial charge in [0.05, 0.1) is 11.5 Å². The number of aliphatic hydroxyl groups excluding tert-OH is 1. The predicted molar refractivity (Wildman–Crippen MR) is 86.1 cm³/mol. The maximum Gasteiger partial charge on any atom is 0.269 e. The number of hydrogen-bond acceptors (Lipinski definition) is 7. The van der Waals surface area contributed by atoms with Crippen molar-refractivity contribution in [2.45, 2.75) is 38.3 Å². The molecule has 24 heavy (non-hydrogen) atoms. The monoisotopic (exact) mass is 332 g/mol. The Hall–Kier alpha value is -2.32. The lowest BCUT2D eigenvalue weighted by molar-refractivity contribution is -0.384. The van der Waals surface area contributed by atoms with Gasteiger partial charge in [0.25, 0.3) is 5.69 Å². The van der Waals surface area contributed by atoms with E-state index in [9.17, 15) is 10.1 Å². The van der Waals surface area contributed by atoms with Crippen LogP contribution in [0.5, 0.6) is 0 Å². The van der Waals surface area contributed by atoms with Crippen molar-refractivity contribution in [2.75, 3.05) is 13.2 Å². The van der Waals surface area contributed by atoms with Gasteiger partial charge in [-0.1, -0.05) is 5.16 Å². The quantitative estimate of drug-likeness (QED) is 0.427. The Bertz CT molecular complexity index is 682. The lowest BCUT2D eigenvalue weighted by atomic mass is 10.2. The fourth-order valence-electron chi connectivity index (χ4n) is 2.60. The molecule has 128 valence electrons. The molecule has 0 amide bonds. The first-order chi connectivity index (χ1) is 11.7. The first kappa shape index (κ1) is 16.5. The summed E-state index contributed by atoms with van der Waals surface area (Å²) in [6.45, 7) is 1.71. The minimum atomic E-state index is -0.439. The van der Waals surface area contributed by atoms with Gasteiger partial charge in [0.15, 0.2) is 0 Å². The highest BCUT2D eigenvalue weighted by Crippen LogP contribution is 2.29. The van der Waals surface area contributed by atoms with Crippen molar-refractivity contribution >= 4 is 5.69 Å². The topological polar surface area (TPSA) is 106 Å². The second-order valence-corrected chi connectivity index (χ2v) is 5.95. The number of nitro benzene ring substituents is 1. The minimum Gasteiger partial charge on any atom is -0.396 e. The van der Waals surface area contributed by atoms with Crippen LogP contribution in [0.1, 0.15) is 31.6 Å². The third-order valence-corrected chi connectivity index (χ3v) is 4.06. The van der Waals surface area contributed by atoms with Gasteiger partial charge in [-0.05, 0) is 44.4 Å². The van der Waals surface area contributed by atoms with E-state index in [1.165, 1.54) is 25.0 Å². The van der Waals surface area contributed by atoms with Crippen molar-refractivity contribution in [1.82, 2.24) is 15.0 Å². The van der Waals surface area contributed by atoms with E-state index >= 15 is 0 Å². The molecule has 3 rings (SSSR count). The van der Waals surface area contributed by atoms with Gasteiger partial charge in [0.2, 0.25) is 11.7 Å². The summed E-state index contributed by atoms with van der Waals surface area (Å²) in [5.41, 5.74) is 0.722. The maximum atomic E-state index is 10.7. The highest BCUT2D eigenvalue weighted by Gasteiger charge is 2.29. The number of nitrogens with zero attached hydrogens (tertiary/aromatic N) is 4. The van der Waals surface area contributed by atoms with E-state index in [2.05, 4.69) is 15.0 Å². The molecule has 0 aliphatic heterocycles. The molecular formula is C16H20N4O4. The molecule has 1 fully saturated rings. The number of aromatic nitrogens is 2. The summed E-state index contributed by atoms with van der Waals surface area (Å²) < 4.78 is 5.33. The molecule has 1 aliphatic carbocycles. The molecule has 1 aromatic carbocycles. The third-order valence-electron chi connectivity index (χ3n) is 4.06. The summed E-state index contributed by atoms with van der Waals surface area (Å²) in [6.07, 6.45) is 4.10. The molecule has 1 aromatic heterocycles. The van der Waals surface area contributed by atoms with E-state index in [4.69, 9.17) is 9.63 Å². The van der Waals surface area contributed by atoms with Crippen molar-refractivity contribution in [3.8, 4) is 11.4 Å². The van der Waals surface area contributed by atoms with Crippen LogP contribution in [0, 0.1) is 10.1 Å². The van der Waals surface area contributed by atoms with Crippen molar-refractivity contribution in [3.63, 3.8) is 0 Å². The van der Waals surface area contributed by atoms with Crippen LogP contribution in [0.3, 0.4) is 0 Å². The van der Waals surface area contributed by atoms with E-state index in [-0.39, 0.29) is 12.3 Å². The van der Waals surface area contributed by atoms with Crippen LogP contribution >= 0.6 is 0 Å². The van der Waals surface area contributed by atoms with E-state index in [1.807, 2.05) is 0 Å². The Morgan fingerprint density at radius 1 is 1.29 bits per heavy atom. The van der Waals surface area contributed by atoms with Crippen LogP contribution in [-0.2, 0) is 6.54 Å². The molecule has 1 N–H and O–H groups in total. The highest BCUT2D eigenvalue weighted by molar-refractivity contribution is 5.56. The van der Waals surface area contributed by atoms with E-state index in [0.29, 0.717) is 29.9 Å². The molecule has 1 aliphatic rings. The Kier molecular flexibility index (Phi) is 5.17. The first-order valence-corrected chi connectivity index (χ1v) is 8.09. The Labute approximate surface area is 139 Å². The molecule has 0 atom stereocenters. The zero-order chi connectivity index (χ0) is 16.9. The maximum absolute atomic E-state index is 10.7. The lowest BCUT2D eigenvalue weighted by Gasteiger charge is -2.19. The van der Waals surface area contributed by atoms with Gasteiger partial charge in [-0.25, -0.2) is 0 Å². The molecule has 0 saturated heterocycles. The molecule has 2 aromatic rings. The molecular weight excluding hydrogens is 312 g/mol. The normalized spacial score (nSPS) is 14.2. The zero-order valence-electron chi connectivity index (χ0n) is 13.3. The summed E-state index contributed by atoms with van der Waals surface area (Å²) in [6, 6.07) is 6.66.